The van der Waals surface area contributed by atoms with Crippen molar-refractivity contribution >= 4 is 11.6 Å². The fraction of sp³-hybridized carbons (Fsp3) is 0.353. The maximum absolute atomic E-state index is 12.2. The van der Waals surface area contributed by atoms with Crippen molar-refractivity contribution in [3.8, 4) is 0 Å². The molecule has 0 bridgehead atoms. The van der Waals surface area contributed by atoms with Gasteiger partial charge in [0, 0.05) is 31.0 Å². The zero-order valence-electron chi connectivity index (χ0n) is 12.4. The Kier molecular flexibility index (Phi) is 4.32. The number of allylic oxidation sites excluding steroid dienone is 1. The molecule has 1 saturated heterocycles. The summed E-state index contributed by atoms with van der Waals surface area (Å²) in [6.07, 6.45) is 4.94. The van der Waals surface area contributed by atoms with Crippen LogP contribution in [-0.2, 0) is 11.2 Å². The van der Waals surface area contributed by atoms with Crippen molar-refractivity contribution in [2.75, 3.05) is 11.4 Å². The fourth-order valence-corrected chi connectivity index (χ4v) is 2.67. The summed E-state index contributed by atoms with van der Waals surface area (Å²) in [6.45, 7) is 4.30. The predicted octanol–water partition coefficient (Wildman–Crippen LogP) is 3.10. The number of aromatic nitrogens is 2. The smallest absolute Gasteiger partial charge is 0.227 e. The topological polar surface area (TPSA) is 59.2 Å². The normalized spacial score (nSPS) is 17.9. The third kappa shape index (κ3) is 3.08. The second-order valence-electron chi connectivity index (χ2n) is 5.47. The molecular formula is C17H19N3O2. The van der Waals surface area contributed by atoms with E-state index in [1.165, 1.54) is 0 Å². The number of amides is 1. The summed E-state index contributed by atoms with van der Waals surface area (Å²) in [6, 6.07) is 9.69. The van der Waals surface area contributed by atoms with Crippen LogP contribution in [-0.4, -0.2) is 22.6 Å². The molecule has 22 heavy (non-hydrogen) atoms. The molecule has 1 aromatic carbocycles. The molecule has 0 spiro atoms. The number of benzene rings is 1. The van der Waals surface area contributed by atoms with Gasteiger partial charge < -0.3 is 9.42 Å². The van der Waals surface area contributed by atoms with Gasteiger partial charge >= 0.3 is 0 Å². The number of aryl methyl sites for hydroxylation is 1. The summed E-state index contributed by atoms with van der Waals surface area (Å²) in [4.78, 5) is 18.4. The van der Waals surface area contributed by atoms with Gasteiger partial charge in [-0.15, -0.1) is 6.58 Å². The first kappa shape index (κ1) is 14.5. The molecule has 1 aliphatic rings. The molecule has 1 aliphatic heterocycles. The van der Waals surface area contributed by atoms with Crippen molar-refractivity contribution in [1.29, 1.82) is 0 Å². The van der Waals surface area contributed by atoms with Crippen LogP contribution in [0.15, 0.2) is 47.5 Å². The van der Waals surface area contributed by atoms with E-state index in [4.69, 9.17) is 4.52 Å². The van der Waals surface area contributed by atoms with Gasteiger partial charge in [0.25, 0.3) is 0 Å². The highest BCUT2D eigenvalue weighted by Crippen LogP contribution is 2.30. The van der Waals surface area contributed by atoms with Crippen LogP contribution in [0.3, 0.4) is 0 Å². The summed E-state index contributed by atoms with van der Waals surface area (Å²) < 4.78 is 5.27. The zero-order chi connectivity index (χ0) is 15.4. The molecule has 0 N–H and O–H groups in total. The lowest BCUT2D eigenvalue weighted by Gasteiger charge is -2.15. The van der Waals surface area contributed by atoms with E-state index in [0.29, 0.717) is 24.7 Å². The molecule has 3 rings (SSSR count). The van der Waals surface area contributed by atoms with Crippen LogP contribution < -0.4 is 4.90 Å². The lowest BCUT2D eigenvalue weighted by molar-refractivity contribution is -0.117. The molecule has 0 saturated carbocycles. The number of nitrogens with zero attached hydrogens (tertiary/aromatic N) is 3. The van der Waals surface area contributed by atoms with Crippen LogP contribution in [0.25, 0.3) is 0 Å². The molecule has 0 radical (unpaired) electrons. The van der Waals surface area contributed by atoms with Gasteiger partial charge in [-0.2, -0.15) is 4.98 Å². The fourth-order valence-electron chi connectivity index (χ4n) is 2.67. The number of hydrogen-bond donors (Lipinski definition) is 0. The molecule has 1 aromatic heterocycles. The minimum absolute atomic E-state index is 0.00427. The Morgan fingerprint density at radius 2 is 2.18 bits per heavy atom. The lowest BCUT2D eigenvalue weighted by atomic mass is 10.1. The predicted molar refractivity (Wildman–Crippen MR) is 83.6 cm³/mol. The number of carbonyl (C=O) groups is 1. The second-order valence-corrected chi connectivity index (χ2v) is 5.47. The number of carbonyl (C=O) groups excluding carboxylic acids is 1. The monoisotopic (exact) mass is 297 g/mol. The molecule has 1 unspecified atom stereocenters. The number of para-hydroxylation sites is 1. The van der Waals surface area contributed by atoms with Crippen LogP contribution >= 0.6 is 0 Å². The van der Waals surface area contributed by atoms with Crippen molar-refractivity contribution in [2.24, 2.45) is 0 Å². The minimum Gasteiger partial charge on any atom is -0.339 e. The first-order valence-corrected chi connectivity index (χ1v) is 7.56. The minimum atomic E-state index is 0.00427. The van der Waals surface area contributed by atoms with E-state index in [0.717, 1.165) is 24.9 Å². The molecule has 2 aromatic rings. The maximum Gasteiger partial charge on any atom is 0.227 e. The SMILES string of the molecule is C=CCCCc1nc(C2CC(=O)N(c3ccccc3)C2)no1. The summed E-state index contributed by atoms with van der Waals surface area (Å²) >= 11 is 0. The van der Waals surface area contributed by atoms with E-state index in [9.17, 15) is 4.79 Å². The average Bonchev–Trinajstić information content (AvgIpc) is 3.15. The van der Waals surface area contributed by atoms with E-state index in [-0.39, 0.29) is 11.8 Å². The first-order valence-electron chi connectivity index (χ1n) is 7.56. The van der Waals surface area contributed by atoms with Gasteiger partial charge in [0.05, 0.1) is 0 Å². The first-order chi connectivity index (χ1) is 10.8. The second kappa shape index (κ2) is 6.56. The Morgan fingerprint density at radius 3 is 2.95 bits per heavy atom. The van der Waals surface area contributed by atoms with Gasteiger partial charge in [0.2, 0.25) is 11.8 Å². The molecule has 114 valence electrons. The number of unbranched alkanes of at least 4 members (excludes halogenated alkanes) is 1. The Labute approximate surface area is 129 Å². The molecule has 5 heteroatoms. The summed E-state index contributed by atoms with van der Waals surface area (Å²) in [5.74, 6) is 1.39. The third-order valence-electron chi connectivity index (χ3n) is 3.84. The van der Waals surface area contributed by atoms with Crippen molar-refractivity contribution in [3.63, 3.8) is 0 Å². The summed E-state index contributed by atoms with van der Waals surface area (Å²) in [5.41, 5.74) is 0.921. The highest BCUT2D eigenvalue weighted by molar-refractivity contribution is 5.96. The average molecular weight is 297 g/mol. The van der Waals surface area contributed by atoms with Crippen LogP contribution in [0, 0.1) is 0 Å². The van der Waals surface area contributed by atoms with Crippen molar-refractivity contribution in [1.82, 2.24) is 10.1 Å². The van der Waals surface area contributed by atoms with E-state index in [2.05, 4.69) is 16.7 Å². The van der Waals surface area contributed by atoms with Crippen LogP contribution in [0.4, 0.5) is 5.69 Å². The Bertz CT molecular complexity index is 651. The van der Waals surface area contributed by atoms with Crippen molar-refractivity contribution < 1.29 is 9.32 Å². The summed E-state index contributed by atoms with van der Waals surface area (Å²) in [7, 11) is 0. The lowest BCUT2D eigenvalue weighted by Crippen LogP contribution is -2.24. The van der Waals surface area contributed by atoms with E-state index >= 15 is 0 Å². The van der Waals surface area contributed by atoms with Crippen LogP contribution in [0.1, 0.15) is 36.9 Å². The van der Waals surface area contributed by atoms with Crippen molar-refractivity contribution in [2.45, 2.75) is 31.6 Å². The van der Waals surface area contributed by atoms with Crippen LogP contribution in [0.2, 0.25) is 0 Å². The number of hydrogen-bond acceptors (Lipinski definition) is 4. The zero-order valence-corrected chi connectivity index (χ0v) is 12.4. The third-order valence-corrected chi connectivity index (χ3v) is 3.84. The van der Waals surface area contributed by atoms with Gasteiger partial charge in [0.15, 0.2) is 5.82 Å². The highest BCUT2D eigenvalue weighted by atomic mass is 16.5. The quantitative estimate of drug-likeness (QED) is 0.607. The molecule has 2 heterocycles. The van der Waals surface area contributed by atoms with Gasteiger partial charge in [-0.05, 0) is 25.0 Å². The molecule has 1 fully saturated rings. The molecule has 0 aliphatic carbocycles. The Hall–Kier alpha value is -2.43. The van der Waals surface area contributed by atoms with Crippen molar-refractivity contribution in [3.05, 3.63) is 54.7 Å². The van der Waals surface area contributed by atoms with E-state index in [1.807, 2.05) is 36.4 Å². The molecule has 1 amide bonds. The summed E-state index contributed by atoms with van der Waals surface area (Å²) in [5, 5.41) is 4.05. The Morgan fingerprint density at radius 1 is 1.36 bits per heavy atom. The Balaban J connectivity index is 1.67. The largest absolute Gasteiger partial charge is 0.339 e. The van der Waals surface area contributed by atoms with Gasteiger partial charge in [-0.3, -0.25) is 4.79 Å². The molecule has 5 nitrogen and oxygen atoms in total. The number of anilines is 1. The highest BCUT2D eigenvalue weighted by Gasteiger charge is 2.34. The maximum atomic E-state index is 12.2. The standard InChI is InChI=1S/C17H19N3O2/c1-2-3-5-10-15-18-17(19-22-15)13-11-16(21)20(12-13)14-8-6-4-7-9-14/h2,4,6-9,13H,1,3,5,10-12H2. The van der Waals surface area contributed by atoms with E-state index < -0.39 is 0 Å². The van der Waals surface area contributed by atoms with E-state index in [1.54, 1.807) is 4.90 Å². The van der Waals surface area contributed by atoms with Gasteiger partial charge in [-0.1, -0.05) is 29.4 Å². The van der Waals surface area contributed by atoms with Crippen LogP contribution in [0.5, 0.6) is 0 Å². The van der Waals surface area contributed by atoms with Gasteiger partial charge in [-0.25, -0.2) is 0 Å². The number of rotatable bonds is 6. The van der Waals surface area contributed by atoms with Gasteiger partial charge in [0.1, 0.15) is 0 Å². The molecular weight excluding hydrogens is 278 g/mol. The molecule has 1 atom stereocenters.